The molecule has 1 aromatic heterocycles. The van der Waals surface area contributed by atoms with Gasteiger partial charge in [0.25, 0.3) is 0 Å². The van der Waals surface area contributed by atoms with Gasteiger partial charge in [0.2, 0.25) is 16.0 Å². The van der Waals surface area contributed by atoms with Gasteiger partial charge in [-0.3, -0.25) is 0 Å². The van der Waals surface area contributed by atoms with Crippen LogP contribution in [-0.4, -0.2) is 36.6 Å². The average Bonchev–Trinajstić information content (AvgIpc) is 2.51. The number of aromatic nitrogens is 2. The van der Waals surface area contributed by atoms with Crippen molar-refractivity contribution in [2.24, 2.45) is 0 Å². The first-order chi connectivity index (χ1) is 11.0. The number of benzene rings is 1. The van der Waals surface area contributed by atoms with Crippen LogP contribution in [-0.2, 0) is 10.0 Å². The van der Waals surface area contributed by atoms with Crippen molar-refractivity contribution >= 4 is 43.4 Å². The molecule has 0 unspecified atom stereocenters. The van der Waals surface area contributed by atoms with Crippen LogP contribution >= 0.6 is 15.9 Å². The Hall–Kier alpha value is -1.91. The third-order valence-corrected chi connectivity index (χ3v) is 5.26. The molecule has 4 bridgehead atoms. The summed E-state index contributed by atoms with van der Waals surface area (Å²) in [4.78, 5) is 8.28. The Morgan fingerprint density at radius 1 is 1.26 bits per heavy atom. The molecule has 0 radical (unpaired) electrons. The fraction of sp³-hybridized carbons (Fsp3) is 0.231. The second-order valence-corrected chi connectivity index (χ2v) is 7.47. The Morgan fingerprint density at radius 2 is 2.09 bits per heavy atom. The summed E-state index contributed by atoms with van der Waals surface area (Å²) in [6.07, 6.45) is 2.16. The van der Waals surface area contributed by atoms with Gasteiger partial charge < -0.3 is 15.7 Å². The van der Waals surface area contributed by atoms with Crippen molar-refractivity contribution in [1.29, 1.82) is 0 Å². The van der Waals surface area contributed by atoms with Crippen LogP contribution < -0.4 is 15.4 Å². The molecule has 1 aliphatic heterocycles. The van der Waals surface area contributed by atoms with Crippen molar-refractivity contribution in [2.45, 2.75) is 11.3 Å². The van der Waals surface area contributed by atoms with E-state index in [-0.39, 0.29) is 17.2 Å². The third-order valence-electron chi connectivity index (χ3n) is 3.19. The van der Waals surface area contributed by atoms with Gasteiger partial charge in [0.1, 0.15) is 16.5 Å². The average molecular weight is 400 g/mol. The van der Waals surface area contributed by atoms with Gasteiger partial charge in [-0.2, -0.15) is 4.98 Å². The zero-order valence-corrected chi connectivity index (χ0v) is 14.3. The quantitative estimate of drug-likeness (QED) is 0.498. The molecule has 4 N–H and O–H groups in total. The lowest BCUT2D eigenvalue weighted by atomic mass is 10.3. The molecule has 122 valence electrons. The normalized spacial score (nSPS) is 16.9. The number of nitrogens with one attached hydrogen (secondary N) is 3. The van der Waals surface area contributed by atoms with Gasteiger partial charge in [-0.25, -0.2) is 18.1 Å². The van der Waals surface area contributed by atoms with Gasteiger partial charge in [-0.1, -0.05) is 0 Å². The maximum atomic E-state index is 12.3. The minimum absolute atomic E-state index is 0.188. The number of anilines is 3. The van der Waals surface area contributed by atoms with E-state index in [0.29, 0.717) is 34.9 Å². The number of phenolic OH excluding ortho intramolecular Hbond substituents is 1. The minimum Gasteiger partial charge on any atom is -0.507 e. The van der Waals surface area contributed by atoms with E-state index in [1.807, 2.05) is 0 Å². The number of nitrogens with zero attached hydrogens (tertiary/aromatic N) is 2. The maximum absolute atomic E-state index is 12.3. The zero-order valence-electron chi connectivity index (χ0n) is 11.9. The molecule has 0 atom stereocenters. The number of fused-ring (bicyclic) bond motifs is 4. The van der Waals surface area contributed by atoms with Crippen LogP contribution in [0.5, 0.6) is 5.75 Å². The molecule has 3 rings (SSSR count). The number of sulfonamides is 1. The number of hydrogen-bond donors (Lipinski definition) is 4. The maximum Gasteiger partial charge on any atom is 0.244 e. The lowest BCUT2D eigenvalue weighted by Gasteiger charge is -2.10. The van der Waals surface area contributed by atoms with Crippen LogP contribution in [0.15, 0.2) is 33.8 Å². The van der Waals surface area contributed by atoms with Gasteiger partial charge >= 0.3 is 0 Å². The number of rotatable bonds is 0. The third kappa shape index (κ3) is 3.54. The number of aromatic hydroxyl groups is 1. The largest absolute Gasteiger partial charge is 0.507 e. The molecule has 1 aliphatic rings. The molecule has 8 nitrogen and oxygen atoms in total. The van der Waals surface area contributed by atoms with Crippen LogP contribution in [0, 0.1) is 0 Å². The van der Waals surface area contributed by atoms with E-state index in [1.54, 1.807) is 12.3 Å². The highest BCUT2D eigenvalue weighted by atomic mass is 79.9. The molecule has 0 saturated heterocycles. The fourth-order valence-corrected chi connectivity index (χ4v) is 3.59. The smallest absolute Gasteiger partial charge is 0.244 e. The first-order valence-electron chi connectivity index (χ1n) is 6.82. The van der Waals surface area contributed by atoms with Crippen LogP contribution in [0.2, 0.25) is 0 Å². The summed E-state index contributed by atoms with van der Waals surface area (Å²) in [6.45, 7) is 0.767. The summed E-state index contributed by atoms with van der Waals surface area (Å²) in [5.74, 6) is 0.619. The van der Waals surface area contributed by atoms with E-state index >= 15 is 0 Å². The number of phenols is 1. The van der Waals surface area contributed by atoms with E-state index in [4.69, 9.17) is 0 Å². The predicted octanol–water partition coefficient (Wildman–Crippen LogP) is 1.78. The van der Waals surface area contributed by atoms with Crippen molar-refractivity contribution in [2.75, 3.05) is 23.7 Å². The van der Waals surface area contributed by atoms with Crippen molar-refractivity contribution in [1.82, 2.24) is 14.7 Å². The fourth-order valence-electron chi connectivity index (χ4n) is 2.07. The summed E-state index contributed by atoms with van der Waals surface area (Å²) in [5, 5.41) is 15.9. The summed E-state index contributed by atoms with van der Waals surface area (Å²) in [6, 6.07) is 4.20. The Morgan fingerprint density at radius 3 is 2.91 bits per heavy atom. The second kappa shape index (κ2) is 6.30. The highest BCUT2D eigenvalue weighted by Gasteiger charge is 2.19. The molecule has 2 aromatic rings. The van der Waals surface area contributed by atoms with Crippen molar-refractivity contribution in [3.63, 3.8) is 0 Å². The monoisotopic (exact) mass is 399 g/mol. The van der Waals surface area contributed by atoms with Crippen LogP contribution in [0.3, 0.4) is 0 Å². The van der Waals surface area contributed by atoms with E-state index in [0.717, 1.165) is 0 Å². The lowest BCUT2D eigenvalue weighted by molar-refractivity contribution is 0.458. The Kier molecular flexibility index (Phi) is 4.37. The Bertz CT molecular complexity index is 843. The van der Waals surface area contributed by atoms with Crippen molar-refractivity contribution in [3.05, 3.63) is 28.9 Å². The topological polar surface area (TPSA) is 116 Å². The minimum atomic E-state index is -3.79. The van der Waals surface area contributed by atoms with Crippen molar-refractivity contribution < 1.29 is 13.5 Å². The molecule has 0 fully saturated rings. The van der Waals surface area contributed by atoms with Gasteiger partial charge in [0.05, 0.1) is 4.47 Å². The van der Waals surface area contributed by atoms with E-state index in [1.165, 1.54) is 12.1 Å². The summed E-state index contributed by atoms with van der Waals surface area (Å²) in [5.41, 5.74) is 0.454. The van der Waals surface area contributed by atoms with E-state index in [2.05, 4.69) is 41.3 Å². The zero-order chi connectivity index (χ0) is 16.4. The molecule has 10 heteroatoms. The lowest BCUT2D eigenvalue weighted by Crippen LogP contribution is -2.26. The number of hydrogen-bond acceptors (Lipinski definition) is 7. The molecule has 23 heavy (non-hydrogen) atoms. The highest BCUT2D eigenvalue weighted by molar-refractivity contribution is 9.10. The van der Waals surface area contributed by atoms with Gasteiger partial charge in [-0.15, -0.1) is 0 Å². The van der Waals surface area contributed by atoms with Crippen LogP contribution in [0.25, 0.3) is 0 Å². The summed E-state index contributed by atoms with van der Waals surface area (Å²) in [7, 11) is -3.79. The highest BCUT2D eigenvalue weighted by Crippen LogP contribution is 2.28. The molecular formula is C13H14BrN5O3S. The van der Waals surface area contributed by atoms with Crippen molar-refractivity contribution in [3.8, 4) is 5.75 Å². The van der Waals surface area contributed by atoms with Gasteiger partial charge in [0.15, 0.2) is 0 Å². The second-order valence-electron chi connectivity index (χ2n) is 4.88. The Labute approximate surface area is 141 Å². The molecular weight excluding hydrogens is 386 g/mol. The molecule has 0 spiro atoms. The summed E-state index contributed by atoms with van der Waals surface area (Å²) >= 11 is 3.36. The standard InChI is InChI=1S/C13H14BrN5O3S/c14-9-7-16-13-18-8-2-3-10(20)11(6-8)23(21,22)17-5-1-4-15-12(9)19-13/h2-3,6-7,17,20H,1,4-5H2,(H2,15,16,18,19). The molecule has 2 heterocycles. The van der Waals surface area contributed by atoms with Crippen LogP contribution in [0.4, 0.5) is 17.5 Å². The SMILES string of the molecule is O=S1(=O)NCCCNc2nc(ncc2Br)Nc2ccc(O)c1c2. The Balaban J connectivity index is 2.06. The van der Waals surface area contributed by atoms with E-state index < -0.39 is 10.0 Å². The van der Waals surface area contributed by atoms with Crippen LogP contribution in [0.1, 0.15) is 6.42 Å². The molecule has 0 amide bonds. The summed E-state index contributed by atoms with van der Waals surface area (Å²) < 4.78 is 27.7. The first kappa shape index (κ1) is 16.0. The van der Waals surface area contributed by atoms with Gasteiger partial charge in [0, 0.05) is 25.0 Å². The first-order valence-corrected chi connectivity index (χ1v) is 9.09. The molecule has 0 aliphatic carbocycles. The van der Waals surface area contributed by atoms with Gasteiger partial charge in [-0.05, 0) is 40.5 Å². The molecule has 1 aromatic carbocycles. The number of halogens is 1. The predicted molar refractivity (Wildman–Crippen MR) is 89.4 cm³/mol. The molecule has 0 saturated carbocycles. The van der Waals surface area contributed by atoms with E-state index in [9.17, 15) is 13.5 Å².